The Morgan fingerprint density at radius 3 is 2.59 bits per heavy atom. The van der Waals surface area contributed by atoms with Crippen LogP contribution < -0.4 is 14.8 Å². The average molecular weight is 492 g/mol. The van der Waals surface area contributed by atoms with E-state index in [1.165, 1.54) is 29.8 Å². The van der Waals surface area contributed by atoms with Gasteiger partial charge in [0.2, 0.25) is 0 Å². The van der Waals surface area contributed by atoms with Crippen LogP contribution in [0.4, 0.5) is 0 Å². The molecule has 2 heterocycles. The van der Waals surface area contributed by atoms with Gasteiger partial charge in [-0.25, -0.2) is 9.78 Å². The Balaban J connectivity index is 1.88. The Morgan fingerprint density at radius 1 is 1.15 bits per heavy atom. The van der Waals surface area contributed by atoms with Crippen molar-refractivity contribution in [2.24, 2.45) is 0 Å². The summed E-state index contributed by atoms with van der Waals surface area (Å²) >= 11 is 2.69. The topological polar surface area (TPSA) is 94.2 Å². The molecule has 4 aromatic rings. The van der Waals surface area contributed by atoms with Gasteiger partial charge in [-0.05, 0) is 42.3 Å². The second-order valence-electron chi connectivity index (χ2n) is 7.31. The van der Waals surface area contributed by atoms with E-state index in [0.29, 0.717) is 44.9 Å². The average Bonchev–Trinajstić information content (AvgIpc) is 3.41. The first-order valence-electron chi connectivity index (χ1n) is 10.4. The summed E-state index contributed by atoms with van der Waals surface area (Å²) in [5.41, 5.74) is 2.21. The van der Waals surface area contributed by atoms with Crippen LogP contribution >= 0.6 is 22.7 Å². The van der Waals surface area contributed by atoms with Crippen molar-refractivity contribution in [2.45, 2.75) is 13.0 Å². The van der Waals surface area contributed by atoms with Gasteiger partial charge in [-0.1, -0.05) is 24.3 Å². The molecule has 0 aliphatic carbocycles. The van der Waals surface area contributed by atoms with Gasteiger partial charge in [-0.3, -0.25) is 9.36 Å². The van der Waals surface area contributed by atoms with Crippen LogP contribution in [0.15, 0.2) is 53.3 Å². The molecule has 0 N–H and O–H groups in total. The van der Waals surface area contributed by atoms with Crippen molar-refractivity contribution >= 4 is 50.5 Å². The summed E-state index contributed by atoms with van der Waals surface area (Å²) in [6, 6.07) is 16.8. The molecule has 0 radical (unpaired) electrons. The number of nitriles is 1. The predicted octanol–water partition coefficient (Wildman–Crippen LogP) is 2.89. The molecule has 0 aliphatic rings. The summed E-state index contributed by atoms with van der Waals surface area (Å²) in [5, 5.41) is 10.6. The lowest BCUT2D eigenvalue weighted by atomic mass is 10.1. The number of para-hydroxylation sites is 1. The zero-order valence-electron chi connectivity index (χ0n) is 18.6. The van der Waals surface area contributed by atoms with E-state index in [1.807, 2.05) is 24.3 Å². The SMILES string of the molecule is COCCCn1c(=C(C#N)c2nc3ccccc3s2)sc(=Cc2ccc(C(=O)OC)cc2)c1=O. The van der Waals surface area contributed by atoms with E-state index in [-0.39, 0.29) is 5.56 Å². The first kappa shape index (κ1) is 23.6. The number of carbonyl (C=O) groups excluding carboxylic acids is 1. The zero-order valence-corrected chi connectivity index (χ0v) is 20.2. The van der Waals surface area contributed by atoms with Crippen molar-refractivity contribution in [1.29, 1.82) is 5.26 Å². The number of carbonyl (C=O) groups is 1. The molecule has 0 saturated carbocycles. The molecule has 4 rings (SSSR count). The Bertz CT molecular complexity index is 1520. The van der Waals surface area contributed by atoms with Crippen LogP contribution in [0.25, 0.3) is 21.9 Å². The molecule has 2 aromatic heterocycles. The van der Waals surface area contributed by atoms with Crippen molar-refractivity contribution in [2.75, 3.05) is 20.8 Å². The standard InChI is InChI=1S/C25H21N3O4S2/c1-31-13-5-12-28-23(29)21(14-16-8-10-17(11-9-16)25(30)32-2)34-24(28)18(15-26)22-27-19-6-3-4-7-20(19)33-22/h3-4,6-11,14H,5,12-13H2,1-2H3. The number of esters is 1. The summed E-state index contributed by atoms with van der Waals surface area (Å²) in [6.45, 7) is 0.919. The molecule has 0 bridgehead atoms. The smallest absolute Gasteiger partial charge is 0.337 e. The molecule has 0 atom stereocenters. The first-order valence-corrected chi connectivity index (χ1v) is 12.1. The van der Waals surface area contributed by atoms with Gasteiger partial charge in [0, 0.05) is 20.3 Å². The highest BCUT2D eigenvalue weighted by Gasteiger charge is 2.15. The number of nitrogens with zero attached hydrogens (tertiary/aromatic N) is 3. The van der Waals surface area contributed by atoms with Crippen LogP contribution in [-0.2, 0) is 16.0 Å². The summed E-state index contributed by atoms with van der Waals surface area (Å²) in [6.07, 6.45) is 2.39. The fraction of sp³-hybridized carbons (Fsp3) is 0.200. The molecular formula is C25H21N3O4S2. The van der Waals surface area contributed by atoms with Crippen molar-refractivity contribution in [1.82, 2.24) is 9.55 Å². The molecule has 0 saturated heterocycles. The van der Waals surface area contributed by atoms with Crippen LogP contribution in [0, 0.1) is 11.3 Å². The largest absolute Gasteiger partial charge is 0.465 e. The van der Waals surface area contributed by atoms with Crippen molar-refractivity contribution < 1.29 is 14.3 Å². The molecule has 9 heteroatoms. The van der Waals surface area contributed by atoms with Gasteiger partial charge >= 0.3 is 5.97 Å². The molecule has 172 valence electrons. The van der Waals surface area contributed by atoms with Gasteiger partial charge in [0.05, 0.1) is 27.4 Å². The number of methoxy groups -OCH3 is 2. The van der Waals surface area contributed by atoms with E-state index in [9.17, 15) is 14.9 Å². The van der Waals surface area contributed by atoms with E-state index >= 15 is 0 Å². The van der Waals surface area contributed by atoms with E-state index in [2.05, 4.69) is 11.1 Å². The molecular weight excluding hydrogens is 470 g/mol. The van der Waals surface area contributed by atoms with E-state index in [1.54, 1.807) is 42.0 Å². The van der Waals surface area contributed by atoms with E-state index in [0.717, 1.165) is 15.8 Å². The number of thiazole rings is 2. The minimum Gasteiger partial charge on any atom is -0.465 e. The number of fused-ring (bicyclic) bond motifs is 1. The Labute approximate surface area is 203 Å². The molecule has 0 fully saturated rings. The highest BCUT2D eigenvalue weighted by atomic mass is 32.1. The number of benzene rings is 2. The maximum absolute atomic E-state index is 13.3. The lowest BCUT2D eigenvalue weighted by Gasteiger charge is -2.02. The quantitative estimate of drug-likeness (QED) is 0.292. The fourth-order valence-corrected chi connectivity index (χ4v) is 5.58. The minimum absolute atomic E-state index is 0.179. The van der Waals surface area contributed by atoms with Crippen LogP contribution in [0.1, 0.15) is 27.3 Å². The maximum Gasteiger partial charge on any atom is 0.337 e. The van der Waals surface area contributed by atoms with Crippen molar-refractivity contribution in [3.63, 3.8) is 0 Å². The summed E-state index contributed by atoms with van der Waals surface area (Å²) in [4.78, 5) is 29.6. The van der Waals surface area contributed by atoms with Gasteiger partial charge in [-0.2, -0.15) is 5.26 Å². The Kier molecular flexibility index (Phi) is 7.33. The fourth-order valence-electron chi connectivity index (χ4n) is 3.43. The molecule has 0 aliphatic heterocycles. The number of hydrogen-bond acceptors (Lipinski definition) is 8. The summed E-state index contributed by atoms with van der Waals surface area (Å²) in [5.74, 6) is -0.422. The summed E-state index contributed by atoms with van der Waals surface area (Å²) < 4.78 is 13.6. The molecule has 0 amide bonds. The molecule has 2 aromatic carbocycles. The first-order chi connectivity index (χ1) is 16.5. The van der Waals surface area contributed by atoms with Crippen LogP contribution in [-0.4, -0.2) is 36.3 Å². The monoisotopic (exact) mass is 491 g/mol. The lowest BCUT2D eigenvalue weighted by molar-refractivity contribution is 0.0600. The van der Waals surface area contributed by atoms with Gasteiger partial charge in [-0.15, -0.1) is 22.7 Å². The van der Waals surface area contributed by atoms with Crippen molar-refractivity contribution in [3.05, 3.63) is 84.2 Å². The van der Waals surface area contributed by atoms with Crippen molar-refractivity contribution in [3.8, 4) is 6.07 Å². The Morgan fingerprint density at radius 2 is 1.91 bits per heavy atom. The maximum atomic E-state index is 13.3. The van der Waals surface area contributed by atoms with Gasteiger partial charge in [0.15, 0.2) is 0 Å². The molecule has 0 unspecified atom stereocenters. The van der Waals surface area contributed by atoms with Gasteiger partial charge in [0.1, 0.15) is 21.3 Å². The van der Waals surface area contributed by atoms with Crippen LogP contribution in [0.5, 0.6) is 0 Å². The third-order valence-electron chi connectivity index (χ3n) is 5.10. The third kappa shape index (κ3) is 4.84. The van der Waals surface area contributed by atoms with Crippen LogP contribution in [0.2, 0.25) is 0 Å². The second-order valence-corrected chi connectivity index (χ2v) is 9.37. The number of aromatic nitrogens is 2. The number of hydrogen-bond donors (Lipinski definition) is 0. The van der Waals surface area contributed by atoms with E-state index in [4.69, 9.17) is 9.47 Å². The summed E-state index contributed by atoms with van der Waals surface area (Å²) in [7, 11) is 2.94. The molecule has 7 nitrogen and oxygen atoms in total. The Hall–Kier alpha value is -3.58. The van der Waals surface area contributed by atoms with Gasteiger partial charge < -0.3 is 9.47 Å². The van der Waals surface area contributed by atoms with E-state index < -0.39 is 5.97 Å². The van der Waals surface area contributed by atoms with Crippen LogP contribution in [0.3, 0.4) is 0 Å². The zero-order chi connectivity index (χ0) is 24.1. The lowest BCUT2D eigenvalue weighted by Crippen LogP contribution is -2.32. The molecule has 34 heavy (non-hydrogen) atoms. The highest BCUT2D eigenvalue weighted by Crippen LogP contribution is 2.25. The minimum atomic E-state index is -0.422. The number of rotatable bonds is 7. The highest BCUT2D eigenvalue weighted by molar-refractivity contribution is 7.19. The van der Waals surface area contributed by atoms with Gasteiger partial charge in [0.25, 0.3) is 5.56 Å². The molecule has 0 spiro atoms. The third-order valence-corrected chi connectivity index (χ3v) is 7.29. The predicted molar refractivity (Wildman–Crippen MR) is 133 cm³/mol. The normalized spacial score (nSPS) is 12.6. The number of ether oxygens (including phenoxy) is 2. The second kappa shape index (κ2) is 10.6.